The molecule has 5 heteroatoms. The van der Waals surface area contributed by atoms with E-state index in [-0.39, 0.29) is 0 Å². The van der Waals surface area contributed by atoms with Crippen LogP contribution in [0, 0.1) is 11.3 Å². The quantitative estimate of drug-likeness (QED) is 0.163. The summed E-state index contributed by atoms with van der Waals surface area (Å²) in [4.78, 5) is 14.6. The topological polar surface area (TPSA) is 71.7 Å². The predicted molar refractivity (Wildman–Crippen MR) is 230 cm³/mol. The zero-order valence-electron chi connectivity index (χ0n) is 31.3. The van der Waals surface area contributed by atoms with E-state index in [2.05, 4.69) is 152 Å². The van der Waals surface area contributed by atoms with Crippen molar-refractivity contribution in [1.82, 2.24) is 15.0 Å². The molecular formula is C53H34N4O. The Morgan fingerprint density at radius 3 is 1.36 bits per heavy atom. The molecule has 0 radical (unpaired) electrons. The van der Waals surface area contributed by atoms with E-state index in [9.17, 15) is 5.26 Å². The lowest BCUT2D eigenvalue weighted by molar-refractivity contribution is 0.436. The minimum Gasteiger partial charge on any atom is -0.456 e. The van der Waals surface area contributed by atoms with Crippen LogP contribution in [0.25, 0.3) is 56.4 Å². The molecule has 0 unspecified atom stereocenters. The molecule has 0 saturated carbocycles. The van der Waals surface area contributed by atoms with E-state index in [1.165, 1.54) is 11.1 Å². The van der Waals surface area contributed by atoms with Crippen molar-refractivity contribution in [1.29, 1.82) is 5.26 Å². The van der Waals surface area contributed by atoms with Gasteiger partial charge in [0.05, 0.1) is 17.0 Å². The highest BCUT2D eigenvalue weighted by Gasteiger charge is 2.45. The number of nitrogens with zero attached hydrogens (tertiary/aromatic N) is 4. The monoisotopic (exact) mass is 742 g/mol. The van der Waals surface area contributed by atoms with Crippen LogP contribution in [-0.2, 0) is 5.41 Å². The maximum atomic E-state index is 9.32. The highest BCUT2D eigenvalue weighted by Crippen LogP contribution is 2.57. The maximum absolute atomic E-state index is 9.32. The Bertz CT molecular complexity index is 2900. The summed E-state index contributed by atoms with van der Waals surface area (Å²) >= 11 is 0. The highest BCUT2D eigenvalue weighted by atomic mass is 16.5. The van der Waals surface area contributed by atoms with Crippen molar-refractivity contribution in [2.75, 3.05) is 0 Å². The van der Waals surface area contributed by atoms with Crippen molar-refractivity contribution in [3.05, 3.63) is 234 Å². The van der Waals surface area contributed by atoms with Crippen molar-refractivity contribution in [3.8, 4) is 74.0 Å². The van der Waals surface area contributed by atoms with Gasteiger partial charge in [-0.25, -0.2) is 15.0 Å². The Hall–Kier alpha value is -7.94. The second-order valence-electron chi connectivity index (χ2n) is 14.3. The lowest BCUT2D eigenvalue weighted by Crippen LogP contribution is -2.34. The summed E-state index contributed by atoms with van der Waals surface area (Å²) in [5.41, 5.74) is 11.5. The van der Waals surface area contributed by atoms with Gasteiger partial charge in [0.1, 0.15) is 11.5 Å². The van der Waals surface area contributed by atoms with Gasteiger partial charge in [0, 0.05) is 33.4 Å². The molecule has 9 aromatic rings. The van der Waals surface area contributed by atoms with Gasteiger partial charge in [0.2, 0.25) is 0 Å². The van der Waals surface area contributed by atoms with Gasteiger partial charge >= 0.3 is 0 Å². The third-order valence-corrected chi connectivity index (χ3v) is 10.9. The summed E-state index contributed by atoms with van der Waals surface area (Å²) in [6.07, 6.45) is 0. The van der Waals surface area contributed by atoms with Gasteiger partial charge in [0.15, 0.2) is 17.5 Å². The SMILES string of the molecule is N#Cc1ccc(-c2nc(-c3ccccc3)nc(-c3ccc(-c4ccc(-c5cccc6c5Oc5ccccc5C6(c5ccccc5)c5ccccc5)cc4)cc3)n2)cc1. The van der Waals surface area contributed by atoms with Crippen LogP contribution in [0.4, 0.5) is 0 Å². The molecule has 1 aliphatic rings. The van der Waals surface area contributed by atoms with Crippen LogP contribution in [0.2, 0.25) is 0 Å². The molecule has 2 heterocycles. The summed E-state index contributed by atoms with van der Waals surface area (Å²) in [5, 5.41) is 9.32. The summed E-state index contributed by atoms with van der Waals surface area (Å²) in [5.74, 6) is 3.43. The molecule has 1 aromatic heterocycles. The molecule has 0 saturated heterocycles. The number of aromatic nitrogens is 3. The number of ether oxygens (including phenoxy) is 1. The van der Waals surface area contributed by atoms with E-state index in [1.807, 2.05) is 48.5 Å². The minimum absolute atomic E-state index is 0.549. The molecule has 0 spiro atoms. The van der Waals surface area contributed by atoms with Crippen LogP contribution in [-0.4, -0.2) is 15.0 Å². The van der Waals surface area contributed by atoms with Crippen molar-refractivity contribution in [2.24, 2.45) is 0 Å². The lowest BCUT2D eigenvalue weighted by atomic mass is 9.63. The number of nitriles is 1. The van der Waals surface area contributed by atoms with E-state index in [4.69, 9.17) is 19.7 Å². The first-order chi connectivity index (χ1) is 28.7. The first-order valence-electron chi connectivity index (χ1n) is 19.2. The molecule has 1 aliphatic heterocycles. The fourth-order valence-corrected chi connectivity index (χ4v) is 8.15. The number of hydrogen-bond donors (Lipinski definition) is 0. The van der Waals surface area contributed by atoms with Gasteiger partial charge in [0.25, 0.3) is 0 Å². The van der Waals surface area contributed by atoms with Crippen molar-refractivity contribution >= 4 is 0 Å². The molecule has 0 bridgehead atoms. The summed E-state index contributed by atoms with van der Waals surface area (Å²) in [7, 11) is 0. The Kier molecular flexibility index (Phi) is 8.70. The summed E-state index contributed by atoms with van der Waals surface area (Å²) < 4.78 is 6.89. The number of benzene rings is 8. The van der Waals surface area contributed by atoms with Crippen LogP contribution in [0.5, 0.6) is 11.5 Å². The van der Waals surface area contributed by atoms with E-state index in [0.717, 1.165) is 61.6 Å². The Morgan fingerprint density at radius 1 is 0.379 bits per heavy atom. The molecule has 8 aromatic carbocycles. The first-order valence-corrected chi connectivity index (χ1v) is 19.2. The van der Waals surface area contributed by atoms with Crippen LogP contribution < -0.4 is 4.74 Å². The van der Waals surface area contributed by atoms with E-state index >= 15 is 0 Å². The number of hydrogen-bond acceptors (Lipinski definition) is 5. The first kappa shape index (κ1) is 34.5. The zero-order valence-corrected chi connectivity index (χ0v) is 31.3. The van der Waals surface area contributed by atoms with Crippen LogP contribution in [0.15, 0.2) is 206 Å². The van der Waals surface area contributed by atoms with Crippen molar-refractivity contribution in [2.45, 2.75) is 5.41 Å². The molecule has 5 nitrogen and oxygen atoms in total. The average molecular weight is 743 g/mol. The average Bonchev–Trinajstić information content (AvgIpc) is 3.31. The van der Waals surface area contributed by atoms with E-state index in [0.29, 0.717) is 23.0 Å². The standard InChI is InChI=1S/C53H34N4O/c54-35-36-23-25-41(26-24-36)51-55-50(40-13-4-1-5-14-40)56-52(57-51)42-33-29-38(30-34-42)37-27-31-39(32-28-37)45-19-12-21-47-49(45)58-48-22-11-10-20-46(48)53(47,43-15-6-2-7-16-43)44-17-8-3-9-18-44/h1-34H. The lowest BCUT2D eigenvalue weighted by Gasteiger charge is -2.42. The molecule has 0 fully saturated rings. The number of fused-ring (bicyclic) bond motifs is 2. The smallest absolute Gasteiger partial charge is 0.164 e. The summed E-state index contributed by atoms with van der Waals surface area (Å²) in [6, 6.07) is 72.9. The van der Waals surface area contributed by atoms with Gasteiger partial charge in [-0.2, -0.15) is 5.26 Å². The van der Waals surface area contributed by atoms with Gasteiger partial charge < -0.3 is 4.74 Å². The van der Waals surface area contributed by atoms with Crippen molar-refractivity contribution < 1.29 is 4.74 Å². The molecule has 272 valence electrons. The Balaban J connectivity index is 1.01. The fourth-order valence-electron chi connectivity index (χ4n) is 8.15. The molecule has 0 aliphatic carbocycles. The van der Waals surface area contributed by atoms with Crippen LogP contribution in [0.1, 0.15) is 27.8 Å². The highest BCUT2D eigenvalue weighted by molar-refractivity contribution is 5.81. The van der Waals surface area contributed by atoms with Gasteiger partial charge in [-0.1, -0.05) is 176 Å². The molecule has 10 rings (SSSR count). The normalized spacial score (nSPS) is 12.4. The molecule has 58 heavy (non-hydrogen) atoms. The fraction of sp³-hybridized carbons (Fsp3) is 0.0189. The van der Waals surface area contributed by atoms with Crippen LogP contribution >= 0.6 is 0 Å². The third-order valence-electron chi connectivity index (χ3n) is 10.9. The van der Waals surface area contributed by atoms with Gasteiger partial charge in [-0.15, -0.1) is 0 Å². The summed E-state index contributed by atoms with van der Waals surface area (Å²) in [6.45, 7) is 0. The molecule has 0 amide bonds. The van der Waals surface area contributed by atoms with Gasteiger partial charge in [-0.3, -0.25) is 0 Å². The molecular weight excluding hydrogens is 709 g/mol. The van der Waals surface area contributed by atoms with Gasteiger partial charge in [-0.05, 0) is 58.1 Å². The number of para-hydroxylation sites is 2. The second-order valence-corrected chi connectivity index (χ2v) is 14.3. The third kappa shape index (κ3) is 6.01. The van der Waals surface area contributed by atoms with E-state index in [1.54, 1.807) is 12.1 Å². The minimum atomic E-state index is -0.576. The van der Waals surface area contributed by atoms with Crippen molar-refractivity contribution in [3.63, 3.8) is 0 Å². The zero-order chi connectivity index (χ0) is 38.9. The predicted octanol–water partition coefficient (Wildman–Crippen LogP) is 12.6. The number of rotatable bonds is 7. The largest absolute Gasteiger partial charge is 0.456 e. The molecule has 0 N–H and O–H groups in total. The van der Waals surface area contributed by atoms with E-state index < -0.39 is 5.41 Å². The second kappa shape index (κ2) is 14.6. The Labute approximate surface area is 337 Å². The maximum Gasteiger partial charge on any atom is 0.164 e. The molecule has 0 atom stereocenters. The van der Waals surface area contributed by atoms with Crippen LogP contribution in [0.3, 0.4) is 0 Å². The Morgan fingerprint density at radius 2 is 0.810 bits per heavy atom.